The van der Waals surface area contributed by atoms with E-state index in [2.05, 4.69) is 24.1 Å². The molecule has 2 aliphatic heterocycles. The van der Waals surface area contributed by atoms with Gasteiger partial charge in [-0.15, -0.1) is 0 Å². The summed E-state index contributed by atoms with van der Waals surface area (Å²) in [5.74, 6) is 1.47. The van der Waals surface area contributed by atoms with Gasteiger partial charge in [-0.3, -0.25) is 9.69 Å². The fraction of sp³-hybridized carbons (Fsp3) is 0.571. The minimum atomic E-state index is -0.145. The first-order valence-electron chi connectivity index (χ1n) is 9.70. The maximum absolute atomic E-state index is 12.8. The third-order valence-corrected chi connectivity index (χ3v) is 5.88. The zero-order valence-corrected chi connectivity index (χ0v) is 16.5. The lowest BCUT2D eigenvalue weighted by molar-refractivity contribution is -0.0683. The Labute approximate surface area is 159 Å². The van der Waals surface area contributed by atoms with Crippen LogP contribution in [0.1, 0.15) is 36.4 Å². The first-order valence-corrected chi connectivity index (χ1v) is 9.70. The lowest BCUT2D eigenvalue weighted by atomic mass is 10.0. The Hall–Kier alpha value is -2.05. The van der Waals surface area contributed by atoms with Crippen molar-refractivity contribution in [2.75, 3.05) is 26.8 Å². The van der Waals surface area contributed by atoms with Gasteiger partial charge in [-0.2, -0.15) is 0 Å². The monoisotopic (exact) mass is 372 g/mol. The lowest BCUT2D eigenvalue weighted by Crippen LogP contribution is -2.48. The predicted molar refractivity (Wildman–Crippen MR) is 103 cm³/mol. The second-order valence-corrected chi connectivity index (χ2v) is 8.05. The molecular weight excluding hydrogens is 344 g/mol. The second kappa shape index (κ2) is 7.17. The van der Waals surface area contributed by atoms with E-state index in [-0.39, 0.29) is 18.1 Å². The number of carbonyl (C=O) groups is 1. The number of benzene rings is 1. The number of hydrogen-bond donors (Lipinski definition) is 1. The summed E-state index contributed by atoms with van der Waals surface area (Å²) in [6.45, 7) is 8.87. The van der Waals surface area contributed by atoms with Gasteiger partial charge in [0.15, 0.2) is 5.76 Å². The van der Waals surface area contributed by atoms with E-state index >= 15 is 0 Å². The number of nitrogens with one attached hydrogen (secondary N) is 1. The molecular formula is C21H28N2O4. The highest BCUT2D eigenvalue weighted by molar-refractivity contribution is 5.99. The molecule has 1 aromatic heterocycles. The molecule has 146 valence electrons. The van der Waals surface area contributed by atoms with Gasteiger partial charge < -0.3 is 19.2 Å². The van der Waals surface area contributed by atoms with Crippen molar-refractivity contribution in [1.29, 1.82) is 0 Å². The summed E-state index contributed by atoms with van der Waals surface area (Å²) in [6.07, 6.45) is 1.20. The van der Waals surface area contributed by atoms with Crippen LogP contribution < -0.4 is 10.1 Å². The van der Waals surface area contributed by atoms with Crippen LogP contribution in [-0.2, 0) is 4.74 Å². The van der Waals surface area contributed by atoms with Crippen molar-refractivity contribution in [3.05, 3.63) is 29.5 Å². The normalized spacial score (nSPS) is 25.7. The average Bonchev–Trinajstić information content (AvgIpc) is 3.20. The molecule has 2 saturated heterocycles. The largest absolute Gasteiger partial charge is 0.497 e. The Bertz CT molecular complexity index is 844. The Morgan fingerprint density at radius 1 is 1.33 bits per heavy atom. The minimum Gasteiger partial charge on any atom is -0.497 e. The molecule has 0 spiro atoms. The quantitative estimate of drug-likeness (QED) is 0.894. The molecule has 6 heteroatoms. The fourth-order valence-electron chi connectivity index (χ4n) is 4.21. The molecule has 3 atom stereocenters. The smallest absolute Gasteiger partial charge is 0.287 e. The summed E-state index contributed by atoms with van der Waals surface area (Å²) in [5, 5.41) is 4.11. The highest BCUT2D eigenvalue weighted by atomic mass is 16.5. The highest BCUT2D eigenvalue weighted by Crippen LogP contribution is 2.30. The molecule has 2 fully saturated rings. The maximum Gasteiger partial charge on any atom is 0.287 e. The van der Waals surface area contributed by atoms with Crippen molar-refractivity contribution in [3.63, 3.8) is 0 Å². The standard InChI is InChI=1S/C21H28N2O4/c1-12(2)19-10-23-9-14(7-15(23)11-26-19)22-21(24)20-13(3)17-6-5-16(25-4)8-18(17)27-20/h5-6,8,12,14-15,19H,7,9-11H2,1-4H3,(H,22,24)/t14-,15-,19+/m0/s1. The molecule has 1 N–H and O–H groups in total. The van der Waals surface area contributed by atoms with Crippen molar-refractivity contribution in [2.24, 2.45) is 5.92 Å². The van der Waals surface area contributed by atoms with Crippen molar-refractivity contribution in [1.82, 2.24) is 10.2 Å². The Balaban J connectivity index is 1.45. The van der Waals surface area contributed by atoms with E-state index in [0.29, 0.717) is 23.3 Å². The topological polar surface area (TPSA) is 63.9 Å². The number of amides is 1. The number of ether oxygens (including phenoxy) is 2. The van der Waals surface area contributed by atoms with Crippen molar-refractivity contribution >= 4 is 16.9 Å². The number of fused-ring (bicyclic) bond motifs is 2. The zero-order valence-electron chi connectivity index (χ0n) is 16.5. The van der Waals surface area contributed by atoms with Gasteiger partial charge >= 0.3 is 0 Å². The van der Waals surface area contributed by atoms with E-state index in [1.807, 2.05) is 25.1 Å². The summed E-state index contributed by atoms with van der Waals surface area (Å²) >= 11 is 0. The van der Waals surface area contributed by atoms with Crippen LogP contribution in [0.15, 0.2) is 22.6 Å². The molecule has 2 aromatic rings. The highest BCUT2D eigenvalue weighted by Gasteiger charge is 2.39. The Morgan fingerprint density at radius 3 is 2.89 bits per heavy atom. The van der Waals surface area contributed by atoms with E-state index in [1.54, 1.807) is 7.11 Å². The molecule has 6 nitrogen and oxygen atoms in total. The van der Waals surface area contributed by atoms with E-state index in [4.69, 9.17) is 13.9 Å². The van der Waals surface area contributed by atoms with Gasteiger partial charge in [0, 0.05) is 42.2 Å². The molecule has 3 heterocycles. The molecule has 2 aliphatic rings. The summed E-state index contributed by atoms with van der Waals surface area (Å²) < 4.78 is 17.1. The van der Waals surface area contributed by atoms with E-state index < -0.39 is 0 Å². The van der Waals surface area contributed by atoms with Crippen molar-refractivity contribution < 1.29 is 18.7 Å². The molecule has 0 bridgehead atoms. The number of aryl methyl sites for hydroxylation is 1. The Morgan fingerprint density at radius 2 is 2.15 bits per heavy atom. The first-order chi connectivity index (χ1) is 13.0. The van der Waals surface area contributed by atoms with Gasteiger partial charge in [-0.25, -0.2) is 0 Å². The molecule has 27 heavy (non-hydrogen) atoms. The molecule has 1 amide bonds. The van der Waals surface area contributed by atoms with Gasteiger partial charge in [0.05, 0.1) is 19.8 Å². The summed E-state index contributed by atoms with van der Waals surface area (Å²) in [6, 6.07) is 6.15. The van der Waals surface area contributed by atoms with Crippen LogP contribution in [0, 0.1) is 12.8 Å². The second-order valence-electron chi connectivity index (χ2n) is 8.05. The SMILES string of the molecule is COc1ccc2c(C)c(C(=O)N[C@H]3C[C@H]4CO[C@@H](C(C)C)CN4C3)oc2c1. The zero-order chi connectivity index (χ0) is 19.1. The Kier molecular flexibility index (Phi) is 4.86. The van der Waals surface area contributed by atoms with Crippen LogP contribution in [-0.4, -0.2) is 55.8 Å². The van der Waals surface area contributed by atoms with Crippen LogP contribution >= 0.6 is 0 Å². The van der Waals surface area contributed by atoms with Crippen LogP contribution in [0.2, 0.25) is 0 Å². The number of hydrogen-bond acceptors (Lipinski definition) is 5. The van der Waals surface area contributed by atoms with Gasteiger partial charge in [-0.05, 0) is 31.4 Å². The van der Waals surface area contributed by atoms with Crippen molar-refractivity contribution in [2.45, 2.75) is 45.4 Å². The maximum atomic E-state index is 12.8. The van der Waals surface area contributed by atoms with E-state index in [0.717, 1.165) is 42.8 Å². The molecule has 0 radical (unpaired) electrons. The number of furan rings is 1. The van der Waals surface area contributed by atoms with E-state index in [1.165, 1.54) is 0 Å². The lowest BCUT2D eigenvalue weighted by Gasteiger charge is -2.36. The van der Waals surface area contributed by atoms with Crippen LogP contribution in [0.4, 0.5) is 0 Å². The van der Waals surface area contributed by atoms with Gasteiger partial charge in [-0.1, -0.05) is 13.8 Å². The third-order valence-electron chi connectivity index (χ3n) is 5.88. The number of methoxy groups -OCH3 is 1. The van der Waals surface area contributed by atoms with Crippen LogP contribution in [0.25, 0.3) is 11.0 Å². The number of carbonyl (C=O) groups excluding carboxylic acids is 1. The summed E-state index contributed by atoms with van der Waals surface area (Å²) in [7, 11) is 1.62. The average molecular weight is 372 g/mol. The van der Waals surface area contributed by atoms with Gasteiger partial charge in [0.25, 0.3) is 5.91 Å². The number of morpholine rings is 1. The predicted octanol–water partition coefficient (Wildman–Crippen LogP) is 2.98. The first kappa shape index (κ1) is 18.3. The van der Waals surface area contributed by atoms with Crippen LogP contribution in [0.5, 0.6) is 5.75 Å². The summed E-state index contributed by atoms with van der Waals surface area (Å²) in [5.41, 5.74) is 1.54. The molecule has 0 aliphatic carbocycles. The molecule has 0 saturated carbocycles. The molecule has 1 aromatic carbocycles. The molecule has 0 unspecified atom stereocenters. The summed E-state index contributed by atoms with van der Waals surface area (Å²) in [4.78, 5) is 15.3. The van der Waals surface area contributed by atoms with Gasteiger partial charge in [0.2, 0.25) is 0 Å². The van der Waals surface area contributed by atoms with E-state index in [9.17, 15) is 4.79 Å². The van der Waals surface area contributed by atoms with Gasteiger partial charge in [0.1, 0.15) is 11.3 Å². The van der Waals surface area contributed by atoms with Crippen LogP contribution in [0.3, 0.4) is 0 Å². The minimum absolute atomic E-state index is 0.124. The van der Waals surface area contributed by atoms with Crippen molar-refractivity contribution in [3.8, 4) is 5.75 Å². The molecule has 4 rings (SSSR count). The number of nitrogens with zero attached hydrogens (tertiary/aromatic N) is 1. The number of rotatable bonds is 4. The third kappa shape index (κ3) is 3.44. The fourth-order valence-corrected chi connectivity index (χ4v) is 4.21.